The standard InChI is InChI=1S/C27H24N2O6S/c1-33-22-14-16-26(17-15-22)36(31,32)29-21-8-12-24(13-9-21)35-23-10-6-20(7-11-23)28-27(30)19-4-3-5-25(18-19)34-2/h3-18,29H,1-2H3,(H,28,30). The number of hydrogen-bond acceptors (Lipinski definition) is 6. The topological polar surface area (TPSA) is 103 Å². The first-order valence-electron chi connectivity index (χ1n) is 10.9. The Labute approximate surface area is 209 Å². The Balaban J connectivity index is 1.36. The second-order valence-corrected chi connectivity index (χ2v) is 9.30. The van der Waals surface area contributed by atoms with E-state index in [1.165, 1.54) is 19.2 Å². The predicted octanol–water partition coefficient (Wildman–Crippen LogP) is 5.55. The van der Waals surface area contributed by atoms with Gasteiger partial charge in [0.05, 0.1) is 19.1 Å². The van der Waals surface area contributed by atoms with Crippen molar-refractivity contribution in [2.75, 3.05) is 24.3 Å². The molecule has 0 atom stereocenters. The number of carbonyl (C=O) groups is 1. The van der Waals surface area contributed by atoms with Crippen LogP contribution in [0, 0.1) is 0 Å². The van der Waals surface area contributed by atoms with Crippen LogP contribution in [0.25, 0.3) is 0 Å². The normalized spacial score (nSPS) is 10.8. The molecule has 0 heterocycles. The summed E-state index contributed by atoms with van der Waals surface area (Å²) in [5.41, 5.74) is 1.49. The summed E-state index contributed by atoms with van der Waals surface area (Å²) in [7, 11) is -0.676. The van der Waals surface area contributed by atoms with Crippen LogP contribution in [0.4, 0.5) is 11.4 Å². The summed E-state index contributed by atoms with van der Waals surface area (Å²) in [6, 6.07) is 26.4. The molecule has 2 N–H and O–H groups in total. The first-order valence-corrected chi connectivity index (χ1v) is 12.3. The molecule has 0 aliphatic carbocycles. The molecule has 0 aliphatic rings. The molecular formula is C27H24N2O6S. The molecule has 4 aromatic rings. The van der Waals surface area contributed by atoms with E-state index in [1.54, 1.807) is 92.0 Å². The maximum Gasteiger partial charge on any atom is 0.261 e. The molecular weight excluding hydrogens is 480 g/mol. The van der Waals surface area contributed by atoms with Gasteiger partial charge < -0.3 is 19.5 Å². The molecule has 8 nitrogen and oxygen atoms in total. The van der Waals surface area contributed by atoms with E-state index in [9.17, 15) is 13.2 Å². The Hall–Kier alpha value is -4.50. The van der Waals surface area contributed by atoms with Gasteiger partial charge in [-0.15, -0.1) is 0 Å². The van der Waals surface area contributed by atoms with E-state index in [4.69, 9.17) is 14.2 Å². The SMILES string of the molecule is COc1ccc(S(=O)(=O)Nc2ccc(Oc3ccc(NC(=O)c4cccc(OC)c4)cc3)cc2)cc1. The van der Waals surface area contributed by atoms with Crippen molar-refractivity contribution in [3.8, 4) is 23.0 Å². The zero-order chi connectivity index (χ0) is 25.5. The van der Waals surface area contributed by atoms with Crippen LogP contribution in [-0.2, 0) is 10.0 Å². The first-order chi connectivity index (χ1) is 17.4. The average Bonchev–Trinajstić information content (AvgIpc) is 2.91. The number of carbonyl (C=O) groups excluding carboxylic acids is 1. The van der Waals surface area contributed by atoms with Crippen LogP contribution in [0.1, 0.15) is 10.4 Å². The average molecular weight is 505 g/mol. The van der Waals surface area contributed by atoms with Gasteiger partial charge in [-0.25, -0.2) is 8.42 Å². The van der Waals surface area contributed by atoms with Gasteiger partial charge in [0, 0.05) is 16.9 Å². The number of hydrogen-bond donors (Lipinski definition) is 2. The van der Waals surface area contributed by atoms with Crippen LogP contribution in [0.5, 0.6) is 23.0 Å². The zero-order valence-electron chi connectivity index (χ0n) is 19.6. The molecule has 0 radical (unpaired) electrons. The molecule has 0 saturated heterocycles. The van der Waals surface area contributed by atoms with Gasteiger partial charge in [0.25, 0.3) is 15.9 Å². The van der Waals surface area contributed by atoms with Crippen molar-refractivity contribution in [2.24, 2.45) is 0 Å². The monoisotopic (exact) mass is 504 g/mol. The van der Waals surface area contributed by atoms with Gasteiger partial charge in [0.2, 0.25) is 0 Å². The number of benzene rings is 4. The van der Waals surface area contributed by atoms with Gasteiger partial charge >= 0.3 is 0 Å². The highest BCUT2D eigenvalue weighted by Crippen LogP contribution is 2.26. The summed E-state index contributed by atoms with van der Waals surface area (Å²) >= 11 is 0. The molecule has 0 spiro atoms. The van der Waals surface area contributed by atoms with Crippen molar-refractivity contribution in [1.82, 2.24) is 0 Å². The third kappa shape index (κ3) is 6.13. The largest absolute Gasteiger partial charge is 0.497 e. The van der Waals surface area contributed by atoms with E-state index in [0.717, 1.165) is 0 Å². The van der Waals surface area contributed by atoms with Crippen LogP contribution in [-0.4, -0.2) is 28.5 Å². The Morgan fingerprint density at radius 3 is 1.81 bits per heavy atom. The summed E-state index contributed by atoms with van der Waals surface area (Å²) in [6.07, 6.45) is 0. The van der Waals surface area contributed by atoms with Gasteiger partial charge in [-0.3, -0.25) is 9.52 Å². The number of rotatable bonds is 9. The second-order valence-electron chi connectivity index (χ2n) is 7.62. The summed E-state index contributed by atoms with van der Waals surface area (Å²) in [4.78, 5) is 12.6. The quantitative estimate of drug-likeness (QED) is 0.310. The van der Waals surface area contributed by atoms with Crippen LogP contribution in [0.2, 0.25) is 0 Å². The maximum atomic E-state index is 12.6. The molecule has 36 heavy (non-hydrogen) atoms. The summed E-state index contributed by atoms with van der Waals surface area (Å²) < 4.78 is 43.8. The minimum absolute atomic E-state index is 0.127. The van der Waals surface area contributed by atoms with Crippen LogP contribution in [0.3, 0.4) is 0 Å². The Kier molecular flexibility index (Phi) is 7.41. The van der Waals surface area contributed by atoms with Crippen molar-refractivity contribution in [3.63, 3.8) is 0 Å². The fourth-order valence-electron chi connectivity index (χ4n) is 3.27. The molecule has 0 bridgehead atoms. The summed E-state index contributed by atoms with van der Waals surface area (Å²) in [5.74, 6) is 2.00. The third-order valence-corrected chi connectivity index (χ3v) is 6.55. The molecule has 4 rings (SSSR count). The molecule has 1 amide bonds. The van der Waals surface area contributed by atoms with Gasteiger partial charge in [-0.1, -0.05) is 6.07 Å². The maximum absolute atomic E-state index is 12.6. The Bertz CT molecular complexity index is 1440. The number of methoxy groups -OCH3 is 2. The smallest absolute Gasteiger partial charge is 0.261 e. The molecule has 0 aromatic heterocycles. The first kappa shape index (κ1) is 24.6. The van der Waals surface area contributed by atoms with Crippen molar-refractivity contribution in [2.45, 2.75) is 4.90 Å². The lowest BCUT2D eigenvalue weighted by molar-refractivity contribution is 0.102. The molecule has 0 unspecified atom stereocenters. The lowest BCUT2D eigenvalue weighted by Crippen LogP contribution is -2.12. The number of sulfonamides is 1. The predicted molar refractivity (Wildman–Crippen MR) is 138 cm³/mol. The lowest BCUT2D eigenvalue weighted by atomic mass is 10.2. The highest BCUT2D eigenvalue weighted by Gasteiger charge is 2.14. The highest BCUT2D eigenvalue weighted by atomic mass is 32.2. The molecule has 9 heteroatoms. The minimum atomic E-state index is -3.74. The van der Waals surface area contributed by atoms with Gasteiger partial charge in [-0.2, -0.15) is 0 Å². The number of anilines is 2. The van der Waals surface area contributed by atoms with Crippen LogP contribution in [0.15, 0.2) is 102 Å². The van der Waals surface area contributed by atoms with Gasteiger partial charge in [0.15, 0.2) is 0 Å². The molecule has 184 valence electrons. The fraction of sp³-hybridized carbons (Fsp3) is 0.0741. The molecule has 0 fully saturated rings. The number of nitrogens with one attached hydrogen (secondary N) is 2. The molecule has 4 aromatic carbocycles. The number of ether oxygens (including phenoxy) is 3. The zero-order valence-corrected chi connectivity index (χ0v) is 20.4. The van der Waals surface area contributed by atoms with Crippen LogP contribution >= 0.6 is 0 Å². The van der Waals surface area contributed by atoms with Gasteiger partial charge in [-0.05, 0) is 91.0 Å². The summed E-state index contributed by atoms with van der Waals surface area (Å²) in [5, 5.41) is 2.83. The highest BCUT2D eigenvalue weighted by molar-refractivity contribution is 7.92. The van der Waals surface area contributed by atoms with E-state index >= 15 is 0 Å². The molecule has 0 aliphatic heterocycles. The molecule has 0 saturated carbocycles. The van der Waals surface area contributed by atoms with Crippen molar-refractivity contribution in [3.05, 3.63) is 103 Å². The van der Waals surface area contributed by atoms with Crippen molar-refractivity contribution in [1.29, 1.82) is 0 Å². The van der Waals surface area contributed by atoms with Crippen molar-refractivity contribution >= 4 is 27.3 Å². The van der Waals surface area contributed by atoms with Crippen LogP contribution < -0.4 is 24.2 Å². The lowest BCUT2D eigenvalue weighted by Gasteiger charge is -2.11. The van der Waals surface area contributed by atoms with E-state index in [1.807, 2.05) is 0 Å². The third-order valence-electron chi connectivity index (χ3n) is 5.16. The number of amides is 1. The summed E-state index contributed by atoms with van der Waals surface area (Å²) in [6.45, 7) is 0. The van der Waals surface area contributed by atoms with E-state index in [0.29, 0.717) is 39.9 Å². The van der Waals surface area contributed by atoms with Gasteiger partial charge in [0.1, 0.15) is 23.0 Å². The Morgan fingerprint density at radius 1 is 0.667 bits per heavy atom. The fourth-order valence-corrected chi connectivity index (χ4v) is 4.33. The van der Waals surface area contributed by atoms with E-state index in [-0.39, 0.29) is 10.8 Å². The van der Waals surface area contributed by atoms with Crippen molar-refractivity contribution < 1.29 is 27.4 Å². The minimum Gasteiger partial charge on any atom is -0.497 e. The van der Waals surface area contributed by atoms with E-state index < -0.39 is 10.0 Å². The van der Waals surface area contributed by atoms with E-state index in [2.05, 4.69) is 10.0 Å². The Morgan fingerprint density at radius 2 is 1.22 bits per heavy atom. The second kappa shape index (κ2) is 10.8.